The Morgan fingerprint density at radius 2 is 1.91 bits per heavy atom. The van der Waals surface area contributed by atoms with Crippen LogP contribution in [0, 0.1) is 0 Å². The number of carboxylic acids is 1. The Morgan fingerprint density at radius 3 is 2.78 bits per heavy atom. The van der Waals surface area contributed by atoms with Gasteiger partial charge >= 0.3 is 5.97 Å². The summed E-state index contributed by atoms with van der Waals surface area (Å²) in [4.78, 5) is 19.8. The number of nitrogens with zero attached hydrogens (tertiary/aromatic N) is 1. The zero-order chi connectivity index (χ0) is 15.8. The molecule has 2 heterocycles. The third-order valence-electron chi connectivity index (χ3n) is 3.71. The molecular weight excluding hydrogens is 310 g/mol. The minimum Gasteiger partial charge on any atom is -0.477 e. The van der Waals surface area contributed by atoms with E-state index in [1.807, 2.05) is 48.5 Å². The Bertz CT molecular complexity index is 946. The fourth-order valence-electron chi connectivity index (χ4n) is 2.62. The number of aromatic amines is 1. The molecule has 6 heteroatoms. The van der Waals surface area contributed by atoms with Gasteiger partial charge in [-0.3, -0.25) is 0 Å². The molecule has 0 bridgehead atoms. The molecule has 0 radical (unpaired) electrons. The summed E-state index contributed by atoms with van der Waals surface area (Å²) in [6.45, 7) is 0.687. The van der Waals surface area contributed by atoms with Crippen molar-refractivity contribution >= 4 is 39.5 Å². The van der Waals surface area contributed by atoms with Crippen LogP contribution in [-0.4, -0.2) is 21.2 Å². The molecule has 2 aromatic carbocycles. The van der Waals surface area contributed by atoms with Crippen molar-refractivity contribution in [1.29, 1.82) is 0 Å². The molecule has 0 fully saturated rings. The lowest BCUT2D eigenvalue weighted by molar-refractivity contribution is 0.0688. The topological polar surface area (TPSA) is 77.5 Å². The fourth-order valence-corrected chi connectivity index (χ4v) is 3.63. The van der Waals surface area contributed by atoms with Crippen LogP contribution in [-0.2, 0) is 6.54 Å². The number of aliphatic imine (C=N–C) groups is 1. The fraction of sp³-hybridized carbons (Fsp3) is 0.0588. The first-order valence-electron chi connectivity index (χ1n) is 7.15. The van der Waals surface area contributed by atoms with Crippen LogP contribution in [0.1, 0.15) is 16.1 Å². The number of aromatic nitrogens is 1. The first-order chi connectivity index (χ1) is 11.2. The molecule has 0 spiro atoms. The maximum Gasteiger partial charge on any atom is 0.353 e. The largest absolute Gasteiger partial charge is 0.477 e. The number of carboxylic acid groups (broad SMARTS) is 1. The number of amidine groups is 1. The van der Waals surface area contributed by atoms with Crippen LogP contribution >= 0.6 is 11.8 Å². The monoisotopic (exact) mass is 323 g/mol. The molecule has 23 heavy (non-hydrogen) atoms. The molecule has 0 saturated heterocycles. The Morgan fingerprint density at radius 1 is 1.13 bits per heavy atom. The van der Waals surface area contributed by atoms with Crippen molar-refractivity contribution in [1.82, 2.24) is 10.3 Å². The van der Waals surface area contributed by atoms with Gasteiger partial charge in [-0.15, -0.1) is 0 Å². The molecule has 1 aliphatic heterocycles. The summed E-state index contributed by atoms with van der Waals surface area (Å²) in [6.07, 6.45) is 0. The van der Waals surface area contributed by atoms with E-state index in [4.69, 9.17) is 0 Å². The van der Waals surface area contributed by atoms with Gasteiger partial charge in [0.15, 0.2) is 5.17 Å². The normalized spacial score (nSPS) is 13.3. The van der Waals surface area contributed by atoms with Crippen LogP contribution in [0.5, 0.6) is 0 Å². The molecule has 0 saturated carbocycles. The molecule has 5 nitrogen and oxygen atoms in total. The second-order valence-electron chi connectivity index (χ2n) is 5.18. The van der Waals surface area contributed by atoms with Crippen LogP contribution in [0.2, 0.25) is 0 Å². The van der Waals surface area contributed by atoms with E-state index in [0.29, 0.717) is 16.6 Å². The second kappa shape index (κ2) is 5.48. The third kappa shape index (κ3) is 2.47. The lowest BCUT2D eigenvalue weighted by atomic mass is 10.1. The van der Waals surface area contributed by atoms with E-state index in [2.05, 4.69) is 15.3 Å². The van der Waals surface area contributed by atoms with E-state index < -0.39 is 5.97 Å². The van der Waals surface area contributed by atoms with Crippen molar-refractivity contribution in [3.63, 3.8) is 0 Å². The number of thioether (sulfide) groups is 1. The van der Waals surface area contributed by atoms with Crippen LogP contribution in [0.3, 0.4) is 0 Å². The molecule has 114 valence electrons. The average Bonchev–Trinajstić information content (AvgIpc) is 2.94. The van der Waals surface area contributed by atoms with Gasteiger partial charge < -0.3 is 15.4 Å². The summed E-state index contributed by atoms with van der Waals surface area (Å²) in [5.74, 6) is -0.972. The molecule has 3 aromatic rings. The molecule has 0 amide bonds. The zero-order valence-electron chi connectivity index (χ0n) is 12.0. The van der Waals surface area contributed by atoms with Gasteiger partial charge in [0, 0.05) is 17.4 Å². The van der Waals surface area contributed by atoms with Gasteiger partial charge in [0.2, 0.25) is 0 Å². The Kier molecular flexibility index (Phi) is 3.31. The van der Waals surface area contributed by atoms with E-state index in [-0.39, 0.29) is 5.69 Å². The summed E-state index contributed by atoms with van der Waals surface area (Å²) in [5, 5.41) is 14.3. The third-order valence-corrected chi connectivity index (χ3v) is 4.77. The van der Waals surface area contributed by atoms with Gasteiger partial charge in [-0.1, -0.05) is 36.4 Å². The molecule has 1 aliphatic rings. The smallest absolute Gasteiger partial charge is 0.353 e. The van der Waals surface area contributed by atoms with Gasteiger partial charge in [0.05, 0.1) is 10.6 Å². The standard InChI is InChI=1S/C17H13N3O2S/c21-16(22)14-15(11-6-2-4-8-13(11)19-14)23-17-18-9-10-5-1-3-7-12(10)20-17/h1-8,19H,9H2,(H,18,20)(H,21,22). The Balaban J connectivity index is 1.78. The average molecular weight is 323 g/mol. The summed E-state index contributed by atoms with van der Waals surface area (Å²) in [7, 11) is 0. The second-order valence-corrected chi connectivity index (χ2v) is 6.18. The van der Waals surface area contributed by atoms with E-state index >= 15 is 0 Å². The Labute approximate surface area is 136 Å². The highest BCUT2D eigenvalue weighted by molar-refractivity contribution is 8.14. The summed E-state index contributed by atoms with van der Waals surface area (Å²) < 4.78 is 0. The van der Waals surface area contributed by atoms with Crippen LogP contribution in [0.15, 0.2) is 58.4 Å². The van der Waals surface area contributed by atoms with Gasteiger partial charge in [0.1, 0.15) is 5.69 Å². The van der Waals surface area contributed by atoms with E-state index in [0.717, 1.165) is 22.2 Å². The lowest BCUT2D eigenvalue weighted by Crippen LogP contribution is -2.23. The van der Waals surface area contributed by atoms with Gasteiger partial charge in [-0.2, -0.15) is 0 Å². The van der Waals surface area contributed by atoms with E-state index in [1.165, 1.54) is 11.8 Å². The predicted molar refractivity (Wildman–Crippen MR) is 91.5 cm³/mol. The van der Waals surface area contributed by atoms with Crippen LogP contribution in [0.25, 0.3) is 10.9 Å². The first-order valence-corrected chi connectivity index (χ1v) is 7.96. The van der Waals surface area contributed by atoms with Gasteiger partial charge in [0.25, 0.3) is 0 Å². The number of para-hydroxylation sites is 2. The zero-order valence-corrected chi connectivity index (χ0v) is 12.9. The first kappa shape index (κ1) is 13.9. The van der Waals surface area contributed by atoms with Crippen molar-refractivity contribution < 1.29 is 9.90 Å². The number of benzene rings is 2. The van der Waals surface area contributed by atoms with Crippen molar-refractivity contribution in [2.75, 3.05) is 0 Å². The van der Waals surface area contributed by atoms with Crippen LogP contribution < -0.4 is 5.32 Å². The highest BCUT2D eigenvalue weighted by Gasteiger charge is 2.20. The van der Waals surface area contributed by atoms with E-state index in [1.54, 1.807) is 0 Å². The predicted octanol–water partition coefficient (Wildman–Crippen LogP) is 3.75. The number of H-pyrrole nitrogens is 1. The SMILES string of the molecule is O=C(O)c1[nH]c2ccccc2c1SC1=Nc2ccccc2CN1. The summed E-state index contributed by atoms with van der Waals surface area (Å²) in [6, 6.07) is 15.5. The van der Waals surface area contributed by atoms with Crippen LogP contribution in [0.4, 0.5) is 5.69 Å². The van der Waals surface area contributed by atoms with Crippen molar-refractivity contribution in [3.8, 4) is 0 Å². The number of aromatic carboxylic acids is 1. The minimum absolute atomic E-state index is 0.194. The number of hydrogen-bond acceptors (Lipinski definition) is 4. The maximum atomic E-state index is 11.5. The van der Waals surface area contributed by atoms with Crippen molar-refractivity contribution in [2.45, 2.75) is 11.4 Å². The number of rotatable bonds is 2. The highest BCUT2D eigenvalue weighted by Crippen LogP contribution is 2.34. The van der Waals surface area contributed by atoms with Crippen molar-refractivity contribution in [2.24, 2.45) is 4.99 Å². The summed E-state index contributed by atoms with van der Waals surface area (Å²) >= 11 is 1.35. The lowest BCUT2D eigenvalue weighted by Gasteiger charge is -2.16. The number of carbonyl (C=O) groups is 1. The molecule has 3 N–H and O–H groups in total. The van der Waals surface area contributed by atoms with Gasteiger partial charge in [-0.25, -0.2) is 9.79 Å². The maximum absolute atomic E-state index is 11.5. The number of hydrogen-bond donors (Lipinski definition) is 3. The molecular formula is C17H13N3O2S. The summed E-state index contributed by atoms with van der Waals surface area (Å²) in [5.41, 5.74) is 3.06. The molecule has 0 aliphatic carbocycles. The number of nitrogens with one attached hydrogen (secondary N) is 2. The quantitative estimate of drug-likeness (QED) is 0.671. The number of fused-ring (bicyclic) bond motifs is 2. The van der Waals surface area contributed by atoms with Gasteiger partial charge in [-0.05, 0) is 29.5 Å². The van der Waals surface area contributed by atoms with E-state index in [9.17, 15) is 9.90 Å². The molecule has 0 atom stereocenters. The minimum atomic E-state index is -0.972. The highest BCUT2D eigenvalue weighted by atomic mass is 32.2. The molecule has 4 rings (SSSR count). The molecule has 1 aromatic heterocycles. The Hall–Kier alpha value is -2.73. The molecule has 0 unspecified atom stereocenters. The van der Waals surface area contributed by atoms with Crippen molar-refractivity contribution in [3.05, 3.63) is 59.8 Å².